The van der Waals surface area contributed by atoms with Gasteiger partial charge in [-0.05, 0) is 38.2 Å². The zero-order valence-corrected chi connectivity index (χ0v) is 19.4. The molecule has 0 spiro atoms. The highest BCUT2D eigenvalue weighted by molar-refractivity contribution is 7.99. The molecule has 1 aromatic carbocycles. The second-order valence-corrected chi connectivity index (χ2v) is 9.20. The van der Waals surface area contributed by atoms with Gasteiger partial charge in [-0.3, -0.25) is 9.59 Å². The van der Waals surface area contributed by atoms with E-state index < -0.39 is 0 Å². The average Bonchev–Trinajstić information content (AvgIpc) is 3.49. The molecule has 172 valence electrons. The van der Waals surface area contributed by atoms with E-state index in [2.05, 4.69) is 21.7 Å². The molecule has 4 rings (SSSR count). The van der Waals surface area contributed by atoms with Crippen molar-refractivity contribution < 1.29 is 19.1 Å². The third-order valence-electron chi connectivity index (χ3n) is 6.02. The van der Waals surface area contributed by atoms with Crippen LogP contribution in [0.2, 0.25) is 0 Å². The van der Waals surface area contributed by atoms with E-state index in [0.717, 1.165) is 55.2 Å². The number of rotatable bonds is 8. The number of thioether (sulfide) groups is 1. The van der Waals surface area contributed by atoms with Gasteiger partial charge < -0.3 is 18.9 Å². The molecular formula is C24H31N3O4S. The number of amides is 1. The zero-order valence-electron chi connectivity index (χ0n) is 18.6. The van der Waals surface area contributed by atoms with E-state index in [4.69, 9.17) is 9.47 Å². The summed E-state index contributed by atoms with van der Waals surface area (Å²) in [5.74, 6) is -0.0789. The topological polar surface area (TPSA) is 73.7 Å². The third-order valence-corrected chi connectivity index (χ3v) is 6.99. The molecule has 2 unspecified atom stereocenters. The smallest absolute Gasteiger partial charge is 0.310 e. The van der Waals surface area contributed by atoms with E-state index in [-0.39, 0.29) is 23.9 Å². The minimum Gasteiger partial charge on any atom is -0.466 e. The maximum absolute atomic E-state index is 12.9. The molecule has 0 aliphatic carbocycles. The number of imidazole rings is 1. The van der Waals surface area contributed by atoms with Crippen molar-refractivity contribution in [2.24, 2.45) is 5.92 Å². The second-order valence-electron chi connectivity index (χ2n) is 8.26. The predicted octanol–water partition coefficient (Wildman–Crippen LogP) is 3.62. The molecule has 1 amide bonds. The first-order valence-electron chi connectivity index (χ1n) is 11.5. The van der Waals surface area contributed by atoms with Gasteiger partial charge in [-0.1, -0.05) is 42.1 Å². The molecule has 32 heavy (non-hydrogen) atoms. The molecule has 2 fully saturated rings. The normalized spacial score (nSPS) is 21.0. The Bertz CT molecular complexity index is 911. The highest BCUT2D eigenvalue weighted by Gasteiger charge is 2.29. The quantitative estimate of drug-likeness (QED) is 0.445. The van der Waals surface area contributed by atoms with Crippen molar-refractivity contribution in [2.75, 3.05) is 32.1 Å². The number of aromatic nitrogens is 2. The number of benzene rings is 1. The van der Waals surface area contributed by atoms with Crippen molar-refractivity contribution in [2.45, 2.75) is 50.4 Å². The number of likely N-dealkylation sites (tertiary alicyclic amines) is 1. The number of ether oxygens (including phenoxy) is 2. The number of hydrogen-bond donors (Lipinski definition) is 0. The van der Waals surface area contributed by atoms with Gasteiger partial charge >= 0.3 is 5.97 Å². The van der Waals surface area contributed by atoms with Crippen molar-refractivity contribution >= 4 is 23.6 Å². The molecule has 0 radical (unpaired) electrons. The molecule has 3 heterocycles. The Kier molecular flexibility index (Phi) is 7.86. The first kappa shape index (κ1) is 22.9. The molecule has 7 nitrogen and oxygen atoms in total. The molecule has 2 atom stereocenters. The van der Waals surface area contributed by atoms with Gasteiger partial charge in [0.25, 0.3) is 0 Å². The summed E-state index contributed by atoms with van der Waals surface area (Å²) in [5.41, 5.74) is 2.14. The molecular weight excluding hydrogens is 426 g/mol. The van der Waals surface area contributed by atoms with E-state index in [0.29, 0.717) is 25.4 Å². The monoisotopic (exact) mass is 457 g/mol. The fourth-order valence-electron chi connectivity index (χ4n) is 4.36. The Morgan fingerprint density at radius 1 is 1.22 bits per heavy atom. The van der Waals surface area contributed by atoms with Gasteiger partial charge in [0.15, 0.2) is 5.16 Å². The Morgan fingerprint density at radius 2 is 2.06 bits per heavy atom. The van der Waals surface area contributed by atoms with Gasteiger partial charge in [-0.15, -0.1) is 0 Å². The number of hydrogen-bond acceptors (Lipinski definition) is 6. The van der Waals surface area contributed by atoms with Gasteiger partial charge in [-0.25, -0.2) is 4.98 Å². The molecule has 1 aromatic heterocycles. The number of esters is 1. The van der Waals surface area contributed by atoms with Crippen LogP contribution in [0.25, 0.3) is 11.3 Å². The summed E-state index contributed by atoms with van der Waals surface area (Å²) in [6, 6.07) is 10.2. The number of carbonyl (C=O) groups is 2. The van der Waals surface area contributed by atoms with Crippen molar-refractivity contribution in [1.29, 1.82) is 0 Å². The van der Waals surface area contributed by atoms with E-state index >= 15 is 0 Å². The highest BCUT2D eigenvalue weighted by atomic mass is 32.2. The van der Waals surface area contributed by atoms with Crippen LogP contribution in [0.4, 0.5) is 0 Å². The van der Waals surface area contributed by atoms with E-state index in [1.165, 1.54) is 11.8 Å². The Balaban J connectivity index is 1.43. The van der Waals surface area contributed by atoms with Crippen LogP contribution in [0.15, 0.2) is 41.7 Å². The lowest BCUT2D eigenvalue weighted by Gasteiger charge is -2.31. The Morgan fingerprint density at radius 3 is 2.81 bits per heavy atom. The summed E-state index contributed by atoms with van der Waals surface area (Å²) >= 11 is 1.46. The summed E-state index contributed by atoms with van der Waals surface area (Å²) in [4.78, 5) is 31.5. The van der Waals surface area contributed by atoms with Gasteiger partial charge in [-0.2, -0.15) is 0 Å². The van der Waals surface area contributed by atoms with Crippen LogP contribution in [0.1, 0.15) is 32.6 Å². The average molecular weight is 458 g/mol. The number of carbonyl (C=O) groups excluding carboxylic acids is 2. The first-order valence-corrected chi connectivity index (χ1v) is 12.4. The molecule has 2 saturated heterocycles. The lowest BCUT2D eigenvalue weighted by molar-refractivity contribution is -0.151. The van der Waals surface area contributed by atoms with Gasteiger partial charge in [0.05, 0.1) is 42.8 Å². The summed E-state index contributed by atoms with van der Waals surface area (Å²) < 4.78 is 13.2. The summed E-state index contributed by atoms with van der Waals surface area (Å²) in [7, 11) is 0. The molecule has 0 N–H and O–H groups in total. The maximum atomic E-state index is 12.9. The molecule has 2 aliphatic heterocycles. The molecule has 8 heteroatoms. The van der Waals surface area contributed by atoms with Gasteiger partial charge in [0, 0.05) is 19.7 Å². The maximum Gasteiger partial charge on any atom is 0.310 e. The standard InChI is InChI=1S/C24H31N3O4S/c1-2-30-23(29)19-10-6-12-26(15-19)22(28)17-32-24-25-14-21(18-8-4-3-5-9-18)27(24)16-20-11-7-13-31-20/h3-5,8-9,14,19-20H,2,6-7,10-13,15-17H2,1H3. The molecule has 2 aliphatic rings. The number of nitrogens with zero attached hydrogens (tertiary/aromatic N) is 3. The Hall–Kier alpha value is -2.32. The predicted molar refractivity (Wildman–Crippen MR) is 123 cm³/mol. The van der Waals surface area contributed by atoms with Crippen LogP contribution in [0, 0.1) is 5.92 Å². The van der Waals surface area contributed by atoms with E-state index in [9.17, 15) is 9.59 Å². The molecule has 0 saturated carbocycles. The van der Waals surface area contributed by atoms with Crippen molar-refractivity contribution in [3.8, 4) is 11.3 Å². The highest BCUT2D eigenvalue weighted by Crippen LogP contribution is 2.29. The minimum atomic E-state index is -0.219. The van der Waals surface area contributed by atoms with E-state index in [1.54, 1.807) is 4.90 Å². The lowest BCUT2D eigenvalue weighted by atomic mass is 9.98. The first-order chi connectivity index (χ1) is 15.7. The molecule has 0 bridgehead atoms. The van der Waals surface area contributed by atoms with Crippen LogP contribution in [-0.4, -0.2) is 64.5 Å². The van der Waals surface area contributed by atoms with Crippen molar-refractivity contribution in [3.05, 3.63) is 36.5 Å². The minimum absolute atomic E-state index is 0.0388. The SMILES string of the molecule is CCOC(=O)C1CCCN(C(=O)CSc2ncc(-c3ccccc3)n2CC2CCCO2)C1. The second kappa shape index (κ2) is 11.0. The fourth-order valence-corrected chi connectivity index (χ4v) is 5.25. The fraction of sp³-hybridized carbons (Fsp3) is 0.542. The van der Waals surface area contributed by atoms with Gasteiger partial charge in [0.2, 0.25) is 5.91 Å². The van der Waals surface area contributed by atoms with Crippen LogP contribution in [0.5, 0.6) is 0 Å². The number of piperidine rings is 1. The van der Waals surface area contributed by atoms with Crippen LogP contribution < -0.4 is 0 Å². The summed E-state index contributed by atoms with van der Waals surface area (Å²) in [6.07, 6.45) is 5.78. The third kappa shape index (κ3) is 5.53. The van der Waals surface area contributed by atoms with Gasteiger partial charge in [0.1, 0.15) is 0 Å². The van der Waals surface area contributed by atoms with Crippen molar-refractivity contribution in [1.82, 2.24) is 14.5 Å². The van der Waals surface area contributed by atoms with Crippen LogP contribution in [0.3, 0.4) is 0 Å². The van der Waals surface area contributed by atoms with Crippen LogP contribution >= 0.6 is 11.8 Å². The molecule has 2 aromatic rings. The zero-order chi connectivity index (χ0) is 22.3. The Labute approximate surface area is 193 Å². The summed E-state index contributed by atoms with van der Waals surface area (Å²) in [5, 5.41) is 0.826. The van der Waals surface area contributed by atoms with Crippen LogP contribution in [-0.2, 0) is 25.6 Å². The van der Waals surface area contributed by atoms with Crippen molar-refractivity contribution in [3.63, 3.8) is 0 Å². The lowest BCUT2D eigenvalue weighted by Crippen LogP contribution is -2.43. The van der Waals surface area contributed by atoms with E-state index in [1.807, 2.05) is 31.3 Å². The summed E-state index contributed by atoms with van der Waals surface area (Å²) in [6.45, 7) is 4.85. The largest absolute Gasteiger partial charge is 0.466 e.